The van der Waals surface area contributed by atoms with Crippen molar-refractivity contribution in [1.29, 1.82) is 0 Å². The highest BCUT2D eigenvalue weighted by molar-refractivity contribution is 6.44. The van der Waals surface area contributed by atoms with Crippen LogP contribution in [0, 0.1) is 5.92 Å². The topological polar surface area (TPSA) is 70.6 Å². The zero-order valence-corrected chi connectivity index (χ0v) is 15.8. The third-order valence-electron chi connectivity index (χ3n) is 5.56. The molecular formula is C20H20ClN3O3. The summed E-state index contributed by atoms with van der Waals surface area (Å²) in [6.45, 7) is 1.97. The Kier molecular flexibility index (Phi) is 4.60. The molecular weight excluding hydrogens is 366 g/mol. The van der Waals surface area contributed by atoms with E-state index in [9.17, 15) is 14.4 Å². The van der Waals surface area contributed by atoms with Gasteiger partial charge in [-0.15, -0.1) is 0 Å². The molecule has 0 spiro atoms. The number of imide groups is 2. The van der Waals surface area contributed by atoms with E-state index in [1.165, 1.54) is 0 Å². The van der Waals surface area contributed by atoms with Gasteiger partial charge in [0.1, 0.15) is 5.15 Å². The molecule has 0 unspecified atom stereocenters. The highest BCUT2D eigenvalue weighted by atomic mass is 35.5. The molecule has 1 aliphatic heterocycles. The van der Waals surface area contributed by atoms with Gasteiger partial charge in [-0.1, -0.05) is 49.6 Å². The summed E-state index contributed by atoms with van der Waals surface area (Å²) in [7, 11) is 0. The zero-order chi connectivity index (χ0) is 19.1. The molecule has 2 fully saturated rings. The average Bonchev–Trinajstić information content (AvgIpc) is 2.86. The SMILES string of the molecule is C[C@H]1CCCC[C@H]1N1C(=O)C(=O)N(Cc2cc3ccccc3nc2Cl)C1=O. The Morgan fingerprint density at radius 2 is 1.85 bits per heavy atom. The quantitative estimate of drug-likeness (QED) is 0.458. The molecule has 1 aliphatic carbocycles. The molecule has 1 saturated heterocycles. The van der Waals surface area contributed by atoms with Gasteiger partial charge in [-0.05, 0) is 30.9 Å². The van der Waals surface area contributed by atoms with Gasteiger partial charge in [-0.3, -0.25) is 19.4 Å². The molecule has 2 aromatic rings. The second-order valence-electron chi connectivity index (χ2n) is 7.31. The molecule has 4 amide bonds. The maximum absolute atomic E-state index is 12.9. The second kappa shape index (κ2) is 6.93. The van der Waals surface area contributed by atoms with Gasteiger partial charge >= 0.3 is 17.8 Å². The lowest BCUT2D eigenvalue weighted by molar-refractivity contribution is -0.144. The van der Waals surface area contributed by atoms with Gasteiger partial charge in [0.2, 0.25) is 0 Å². The number of hydrogen-bond acceptors (Lipinski definition) is 4. The number of halogens is 1. The molecule has 27 heavy (non-hydrogen) atoms. The number of carbonyl (C=O) groups is 3. The largest absolute Gasteiger partial charge is 0.334 e. The average molecular weight is 386 g/mol. The van der Waals surface area contributed by atoms with Crippen molar-refractivity contribution in [3.8, 4) is 0 Å². The van der Waals surface area contributed by atoms with Crippen molar-refractivity contribution in [2.24, 2.45) is 5.92 Å². The molecule has 2 aliphatic rings. The number of nitrogens with zero attached hydrogens (tertiary/aromatic N) is 3. The van der Waals surface area contributed by atoms with Crippen molar-refractivity contribution in [3.63, 3.8) is 0 Å². The maximum Gasteiger partial charge on any atom is 0.334 e. The van der Waals surface area contributed by atoms with E-state index in [-0.39, 0.29) is 23.7 Å². The van der Waals surface area contributed by atoms with Gasteiger partial charge in [0.25, 0.3) is 0 Å². The van der Waals surface area contributed by atoms with Crippen LogP contribution in [-0.2, 0) is 16.1 Å². The first-order valence-corrected chi connectivity index (χ1v) is 9.58. The van der Waals surface area contributed by atoms with Crippen LogP contribution in [-0.4, -0.2) is 38.7 Å². The summed E-state index contributed by atoms with van der Waals surface area (Å²) in [5, 5.41) is 1.09. The summed E-state index contributed by atoms with van der Waals surface area (Å²) in [6.07, 6.45) is 3.75. The van der Waals surface area contributed by atoms with Gasteiger partial charge in [0.15, 0.2) is 0 Å². The minimum atomic E-state index is -0.790. The van der Waals surface area contributed by atoms with Crippen LogP contribution < -0.4 is 0 Å². The number of aromatic nitrogens is 1. The van der Waals surface area contributed by atoms with Crippen LogP contribution in [0.5, 0.6) is 0 Å². The summed E-state index contributed by atoms with van der Waals surface area (Å²) < 4.78 is 0. The fraction of sp³-hybridized carbons (Fsp3) is 0.400. The number of para-hydroxylation sites is 1. The first-order chi connectivity index (χ1) is 13.0. The van der Waals surface area contributed by atoms with Crippen LogP contribution in [0.25, 0.3) is 10.9 Å². The molecule has 1 saturated carbocycles. The van der Waals surface area contributed by atoms with Gasteiger partial charge in [-0.25, -0.2) is 9.78 Å². The van der Waals surface area contributed by atoms with Crippen LogP contribution in [0.1, 0.15) is 38.2 Å². The molecule has 1 aromatic heterocycles. The molecule has 2 heterocycles. The lowest BCUT2D eigenvalue weighted by Gasteiger charge is -2.34. The Bertz CT molecular complexity index is 945. The summed E-state index contributed by atoms with van der Waals surface area (Å²) in [5.74, 6) is -1.32. The van der Waals surface area contributed by atoms with Crippen LogP contribution >= 0.6 is 11.6 Å². The second-order valence-corrected chi connectivity index (χ2v) is 7.67. The third kappa shape index (κ3) is 3.08. The zero-order valence-electron chi connectivity index (χ0n) is 15.0. The predicted octanol–water partition coefficient (Wildman–Crippen LogP) is 3.76. The number of pyridine rings is 1. The molecule has 140 valence electrons. The molecule has 6 nitrogen and oxygen atoms in total. The van der Waals surface area contributed by atoms with E-state index in [4.69, 9.17) is 11.6 Å². The van der Waals surface area contributed by atoms with Crippen LogP contribution in [0.15, 0.2) is 30.3 Å². The Hall–Kier alpha value is -2.47. The Morgan fingerprint density at radius 1 is 1.11 bits per heavy atom. The van der Waals surface area contributed by atoms with Gasteiger partial charge < -0.3 is 0 Å². The van der Waals surface area contributed by atoms with E-state index >= 15 is 0 Å². The first kappa shape index (κ1) is 17.9. The summed E-state index contributed by atoms with van der Waals surface area (Å²) >= 11 is 6.26. The third-order valence-corrected chi connectivity index (χ3v) is 5.89. The molecule has 1 aromatic carbocycles. The van der Waals surface area contributed by atoms with Gasteiger partial charge in [-0.2, -0.15) is 0 Å². The molecule has 4 rings (SSSR count). The monoisotopic (exact) mass is 385 g/mol. The van der Waals surface area contributed by atoms with Crippen molar-refractivity contribution in [3.05, 3.63) is 41.0 Å². The normalized spacial score (nSPS) is 23.6. The molecule has 7 heteroatoms. The van der Waals surface area contributed by atoms with Crippen LogP contribution in [0.3, 0.4) is 0 Å². The Morgan fingerprint density at radius 3 is 2.63 bits per heavy atom. The summed E-state index contributed by atoms with van der Waals surface area (Å²) in [4.78, 5) is 44.4. The molecule has 0 radical (unpaired) electrons. The fourth-order valence-electron chi connectivity index (χ4n) is 4.05. The van der Waals surface area contributed by atoms with E-state index in [0.717, 1.165) is 46.4 Å². The van der Waals surface area contributed by atoms with E-state index in [0.29, 0.717) is 5.56 Å². The number of amides is 4. The minimum Gasteiger partial charge on any atom is -0.263 e. The van der Waals surface area contributed by atoms with E-state index in [2.05, 4.69) is 4.98 Å². The lowest BCUT2D eigenvalue weighted by Crippen LogP contribution is -2.46. The number of carbonyl (C=O) groups excluding carboxylic acids is 3. The van der Waals surface area contributed by atoms with E-state index < -0.39 is 17.8 Å². The number of hydrogen-bond donors (Lipinski definition) is 0. The predicted molar refractivity (Wildman–Crippen MR) is 101 cm³/mol. The highest BCUT2D eigenvalue weighted by Gasteiger charge is 2.49. The van der Waals surface area contributed by atoms with Crippen molar-refractivity contribution >= 4 is 40.3 Å². The Labute approximate surface area is 162 Å². The number of rotatable bonds is 3. The van der Waals surface area contributed by atoms with Crippen LogP contribution in [0.4, 0.5) is 4.79 Å². The van der Waals surface area contributed by atoms with Gasteiger partial charge in [0.05, 0.1) is 12.1 Å². The molecule has 0 N–H and O–H groups in total. The molecule has 0 bridgehead atoms. The smallest absolute Gasteiger partial charge is 0.263 e. The van der Waals surface area contributed by atoms with Crippen LogP contribution in [0.2, 0.25) is 5.15 Å². The number of benzene rings is 1. The molecule has 2 atom stereocenters. The van der Waals surface area contributed by atoms with Crippen molar-refractivity contribution in [1.82, 2.24) is 14.8 Å². The summed E-state index contributed by atoms with van der Waals surface area (Å²) in [6, 6.07) is 8.52. The number of fused-ring (bicyclic) bond motifs is 1. The first-order valence-electron chi connectivity index (χ1n) is 9.20. The van der Waals surface area contributed by atoms with Crippen molar-refractivity contribution < 1.29 is 14.4 Å². The Balaban J connectivity index is 1.62. The van der Waals surface area contributed by atoms with Crippen molar-refractivity contribution in [2.45, 2.75) is 45.2 Å². The van der Waals surface area contributed by atoms with Crippen molar-refractivity contribution in [2.75, 3.05) is 0 Å². The lowest BCUT2D eigenvalue weighted by atomic mass is 9.85. The van der Waals surface area contributed by atoms with E-state index in [1.807, 2.05) is 37.3 Å². The minimum absolute atomic E-state index is 0.0579. The highest BCUT2D eigenvalue weighted by Crippen LogP contribution is 2.32. The maximum atomic E-state index is 12.9. The van der Waals surface area contributed by atoms with Gasteiger partial charge in [0, 0.05) is 17.0 Å². The fourth-order valence-corrected chi connectivity index (χ4v) is 4.26. The number of urea groups is 1. The summed E-state index contributed by atoms with van der Waals surface area (Å²) in [5.41, 5.74) is 1.28. The van der Waals surface area contributed by atoms with E-state index in [1.54, 1.807) is 0 Å². The standard InChI is InChI=1S/C20H20ClN3O3/c1-12-6-2-5-9-16(12)24-19(26)18(25)23(20(24)27)11-14-10-13-7-3-4-8-15(13)22-17(14)21/h3-4,7-8,10,12,16H,2,5-6,9,11H2,1H3/t12-,16+/m0/s1.